The van der Waals surface area contributed by atoms with E-state index in [4.69, 9.17) is 18.1 Å². The molecule has 0 spiro atoms. The second-order valence-electron chi connectivity index (χ2n) is 2.40. The van der Waals surface area contributed by atoms with Crippen LogP contribution in [0.3, 0.4) is 0 Å². The van der Waals surface area contributed by atoms with E-state index >= 15 is 0 Å². The van der Waals surface area contributed by atoms with Gasteiger partial charge >= 0.3 is 0 Å². The summed E-state index contributed by atoms with van der Waals surface area (Å²) in [4.78, 5) is 2.69. The van der Waals surface area contributed by atoms with Gasteiger partial charge in [0, 0.05) is 4.91 Å². The van der Waals surface area contributed by atoms with Crippen molar-refractivity contribution in [2.24, 2.45) is 5.11 Å². The highest BCUT2D eigenvalue weighted by Crippen LogP contribution is 2.28. The molecule has 1 aromatic carbocycles. The summed E-state index contributed by atoms with van der Waals surface area (Å²) in [6, 6.07) is 5.26. The zero-order chi connectivity index (χ0) is 9.68. The molecule has 0 amide bonds. The van der Waals surface area contributed by atoms with Gasteiger partial charge in [0.1, 0.15) is 5.75 Å². The Hall–Kier alpha value is -1.61. The molecule has 0 atom stereocenters. The minimum Gasteiger partial charge on any atom is -0.496 e. The normalized spacial score (nSPS) is 9.00. The van der Waals surface area contributed by atoms with Crippen molar-refractivity contribution < 1.29 is 4.74 Å². The Kier molecular flexibility index (Phi) is 3.23. The summed E-state index contributed by atoms with van der Waals surface area (Å²) >= 11 is 0. The number of methoxy groups -OCH3 is 1. The Balaban J connectivity index is 3.17. The molecule has 0 saturated heterocycles. The highest BCUT2D eigenvalue weighted by atomic mass is 16.5. The molecule has 0 aliphatic carbocycles. The van der Waals surface area contributed by atoms with Crippen LogP contribution in [-0.2, 0) is 6.32 Å². The fraction of sp³-hybridized carbons (Fsp3) is 0.250. The molecule has 0 saturated carbocycles. The van der Waals surface area contributed by atoms with Gasteiger partial charge in [-0.3, -0.25) is 0 Å². The molecule has 0 aliphatic rings. The van der Waals surface area contributed by atoms with E-state index in [2.05, 4.69) is 10.0 Å². The van der Waals surface area contributed by atoms with Crippen molar-refractivity contribution in [1.82, 2.24) is 0 Å². The average molecular weight is 173 g/mol. The maximum atomic E-state index is 8.27. The van der Waals surface area contributed by atoms with Crippen LogP contribution in [0.25, 0.3) is 10.4 Å². The number of hydrogen-bond acceptors (Lipinski definition) is 2. The predicted octanol–water partition coefficient (Wildman–Crippen LogP) is 2.31. The van der Waals surface area contributed by atoms with Crippen LogP contribution in [0.4, 0.5) is 5.69 Å². The average Bonchev–Trinajstić information content (AvgIpc) is 2.18. The van der Waals surface area contributed by atoms with E-state index in [0.717, 1.165) is 5.56 Å². The molecule has 5 heteroatoms. The first-order chi connectivity index (χ1) is 6.31. The molecule has 64 valence electrons. The van der Waals surface area contributed by atoms with Crippen molar-refractivity contribution in [1.29, 1.82) is 0 Å². The van der Waals surface area contributed by atoms with Crippen molar-refractivity contribution in [3.05, 3.63) is 34.2 Å². The van der Waals surface area contributed by atoms with Crippen LogP contribution in [0.1, 0.15) is 5.56 Å². The van der Waals surface area contributed by atoms with Gasteiger partial charge in [-0.15, -0.1) is 0 Å². The van der Waals surface area contributed by atoms with E-state index in [0.29, 0.717) is 17.8 Å². The highest BCUT2D eigenvalue weighted by molar-refractivity contribution is 6.08. The lowest BCUT2D eigenvalue weighted by atomic mass is 9.96. The second-order valence-corrected chi connectivity index (χ2v) is 2.40. The molecule has 0 unspecified atom stereocenters. The van der Waals surface area contributed by atoms with Crippen LogP contribution < -0.4 is 4.74 Å². The fourth-order valence-corrected chi connectivity index (χ4v) is 0.989. The summed E-state index contributed by atoms with van der Waals surface area (Å²) in [7, 11) is 6.95. The molecule has 0 aliphatic heterocycles. The quantitative estimate of drug-likeness (QED) is 0.299. The maximum Gasteiger partial charge on any atom is 0.128 e. The van der Waals surface area contributed by atoms with E-state index in [9.17, 15) is 0 Å². The van der Waals surface area contributed by atoms with Crippen LogP contribution in [0.15, 0.2) is 23.3 Å². The Labute approximate surface area is 77.6 Å². The van der Waals surface area contributed by atoms with Gasteiger partial charge in [-0.2, -0.15) is 0 Å². The van der Waals surface area contributed by atoms with Crippen molar-refractivity contribution in [3.63, 3.8) is 0 Å². The fourth-order valence-electron chi connectivity index (χ4n) is 0.989. The first-order valence-electron chi connectivity index (χ1n) is 3.74. The van der Waals surface area contributed by atoms with Crippen molar-refractivity contribution in [2.45, 2.75) is 6.32 Å². The predicted molar refractivity (Wildman–Crippen MR) is 51.3 cm³/mol. The monoisotopic (exact) mass is 173 g/mol. The van der Waals surface area contributed by atoms with Gasteiger partial charge in [0.25, 0.3) is 0 Å². The lowest BCUT2D eigenvalue weighted by Crippen LogP contribution is -1.86. The van der Waals surface area contributed by atoms with Gasteiger partial charge in [0.05, 0.1) is 20.6 Å². The van der Waals surface area contributed by atoms with E-state index < -0.39 is 0 Å². The maximum absolute atomic E-state index is 8.27. The van der Waals surface area contributed by atoms with Crippen LogP contribution in [-0.4, -0.2) is 15.0 Å². The number of hydrogen-bond donors (Lipinski definition) is 0. The molecule has 13 heavy (non-hydrogen) atoms. The van der Waals surface area contributed by atoms with Gasteiger partial charge in [0.2, 0.25) is 0 Å². The smallest absolute Gasteiger partial charge is 0.128 e. The van der Waals surface area contributed by atoms with E-state index in [1.54, 1.807) is 12.1 Å². The summed E-state index contributed by atoms with van der Waals surface area (Å²) in [6.45, 7) is 0. The molecule has 4 nitrogen and oxygen atoms in total. The third-order valence-corrected chi connectivity index (χ3v) is 1.63. The molecular weight excluding hydrogens is 165 g/mol. The summed E-state index contributed by atoms with van der Waals surface area (Å²) in [5.74, 6) is 0.551. The van der Waals surface area contributed by atoms with Gasteiger partial charge < -0.3 is 4.74 Å². The van der Waals surface area contributed by atoms with E-state index in [1.165, 1.54) is 7.11 Å². The molecule has 1 rings (SSSR count). The zero-order valence-corrected chi connectivity index (χ0v) is 7.27. The largest absolute Gasteiger partial charge is 0.496 e. The van der Waals surface area contributed by atoms with Gasteiger partial charge in [0.15, 0.2) is 0 Å². The molecular formula is C8H8BN3O. The SMILES string of the molecule is [B]Cc1ccc(OC)c(N=[N+]=[N-])c1. The Morgan fingerprint density at radius 2 is 2.38 bits per heavy atom. The molecule has 0 N–H and O–H groups in total. The van der Waals surface area contributed by atoms with Crippen LogP contribution in [0, 0.1) is 0 Å². The van der Waals surface area contributed by atoms with Gasteiger partial charge in [-0.1, -0.05) is 23.1 Å². The van der Waals surface area contributed by atoms with Crippen LogP contribution in [0.2, 0.25) is 0 Å². The third kappa shape index (κ3) is 2.17. The Bertz CT molecular complexity index is 347. The molecule has 2 radical (unpaired) electrons. The lowest BCUT2D eigenvalue weighted by Gasteiger charge is -2.04. The number of benzene rings is 1. The molecule has 0 heterocycles. The molecule has 1 aromatic rings. The summed E-state index contributed by atoms with van der Waals surface area (Å²) < 4.78 is 4.99. The van der Waals surface area contributed by atoms with Crippen LogP contribution in [0.5, 0.6) is 5.75 Å². The minimum absolute atomic E-state index is 0.415. The Morgan fingerprint density at radius 3 is 2.92 bits per heavy atom. The van der Waals surface area contributed by atoms with E-state index in [1.807, 2.05) is 6.07 Å². The first kappa shape index (κ1) is 9.48. The van der Waals surface area contributed by atoms with Crippen molar-refractivity contribution in [3.8, 4) is 5.75 Å². The van der Waals surface area contributed by atoms with Gasteiger partial charge in [-0.05, 0) is 17.7 Å². The number of nitrogens with zero attached hydrogens (tertiary/aromatic N) is 3. The molecule has 0 aromatic heterocycles. The lowest BCUT2D eigenvalue weighted by molar-refractivity contribution is 0.416. The number of ether oxygens (including phenoxy) is 1. The number of rotatable bonds is 3. The van der Waals surface area contributed by atoms with Gasteiger partial charge in [-0.25, -0.2) is 0 Å². The molecule has 0 fully saturated rings. The zero-order valence-electron chi connectivity index (χ0n) is 7.27. The van der Waals surface area contributed by atoms with Crippen molar-refractivity contribution in [2.75, 3.05) is 7.11 Å². The minimum atomic E-state index is 0.415. The van der Waals surface area contributed by atoms with Crippen molar-refractivity contribution >= 4 is 13.5 Å². The molecule has 0 bridgehead atoms. The highest BCUT2D eigenvalue weighted by Gasteiger charge is 2.00. The van der Waals surface area contributed by atoms with Crippen LogP contribution >= 0.6 is 0 Å². The second kappa shape index (κ2) is 4.43. The first-order valence-corrected chi connectivity index (χ1v) is 3.74. The Morgan fingerprint density at radius 1 is 1.62 bits per heavy atom. The third-order valence-electron chi connectivity index (χ3n) is 1.63. The topological polar surface area (TPSA) is 58.0 Å². The summed E-state index contributed by atoms with van der Waals surface area (Å²) in [6.07, 6.45) is 0.415. The number of azide groups is 1. The summed E-state index contributed by atoms with van der Waals surface area (Å²) in [5.41, 5.74) is 9.65. The van der Waals surface area contributed by atoms with E-state index in [-0.39, 0.29) is 0 Å². The standard InChI is InChI=1S/C8H8BN3O/c1-13-8-3-2-6(5-9)4-7(8)11-12-10/h2-4H,5H2,1H3. The summed E-state index contributed by atoms with van der Waals surface area (Å²) in [5, 5.41) is 3.49.